The highest BCUT2D eigenvalue weighted by Gasteiger charge is 2.34. The monoisotopic (exact) mass is 457 g/mol. The van der Waals surface area contributed by atoms with Crippen molar-refractivity contribution in [2.45, 2.75) is 33.4 Å². The minimum absolute atomic E-state index is 0.0822. The molecule has 0 unspecified atom stereocenters. The first-order valence-corrected chi connectivity index (χ1v) is 10.1. The van der Waals surface area contributed by atoms with E-state index in [4.69, 9.17) is 9.47 Å². The van der Waals surface area contributed by atoms with E-state index in [1.807, 2.05) is 0 Å². The molecule has 3 rings (SSSR count). The predicted molar refractivity (Wildman–Crippen MR) is 114 cm³/mol. The van der Waals surface area contributed by atoms with Gasteiger partial charge in [0.15, 0.2) is 0 Å². The first kappa shape index (κ1) is 23.4. The largest absolute Gasteiger partial charge is 0.463 e. The van der Waals surface area contributed by atoms with Crippen LogP contribution >= 0.6 is 0 Å². The Hall–Kier alpha value is -4.22. The molecule has 2 aromatic rings. The average Bonchev–Trinajstić information content (AvgIpc) is 3.05. The van der Waals surface area contributed by atoms with Gasteiger partial charge in [-0.05, 0) is 26.3 Å². The first-order chi connectivity index (χ1) is 15.7. The predicted octanol–water partition coefficient (Wildman–Crippen LogP) is 1.82. The molecule has 12 nitrogen and oxygen atoms in total. The minimum Gasteiger partial charge on any atom is -0.463 e. The Bertz CT molecular complexity index is 1120. The van der Waals surface area contributed by atoms with E-state index < -0.39 is 35.5 Å². The summed E-state index contributed by atoms with van der Waals surface area (Å²) in [4.78, 5) is 47.9. The summed E-state index contributed by atoms with van der Waals surface area (Å²) in [7, 11) is 0. The molecule has 0 saturated heterocycles. The average molecular weight is 457 g/mol. The van der Waals surface area contributed by atoms with E-state index in [9.17, 15) is 24.5 Å². The van der Waals surface area contributed by atoms with Gasteiger partial charge in [-0.25, -0.2) is 9.59 Å². The second kappa shape index (κ2) is 9.94. The molecule has 33 heavy (non-hydrogen) atoms. The highest BCUT2D eigenvalue weighted by molar-refractivity contribution is 5.95. The molecule has 1 aliphatic heterocycles. The number of nitrogens with zero attached hydrogens (tertiary/aromatic N) is 3. The summed E-state index contributed by atoms with van der Waals surface area (Å²) < 4.78 is 11.6. The van der Waals surface area contributed by atoms with Gasteiger partial charge in [0, 0.05) is 0 Å². The summed E-state index contributed by atoms with van der Waals surface area (Å²) in [5.74, 6) is -1.42. The van der Waals surface area contributed by atoms with Gasteiger partial charge in [-0.3, -0.25) is 19.6 Å². The third-order valence-electron chi connectivity index (χ3n) is 4.96. The topological polar surface area (TPSA) is 155 Å². The van der Waals surface area contributed by atoms with E-state index in [0.717, 1.165) is 0 Å². The second-order valence-electron chi connectivity index (χ2n) is 7.15. The fraction of sp³-hybridized carbons (Fsp3) is 0.333. The van der Waals surface area contributed by atoms with Gasteiger partial charge in [-0.15, -0.1) is 0 Å². The maximum Gasteiger partial charge on any atom is 0.338 e. The van der Waals surface area contributed by atoms with E-state index >= 15 is 0 Å². The van der Waals surface area contributed by atoms with E-state index in [0.29, 0.717) is 5.56 Å². The number of benzene rings is 1. The lowest BCUT2D eigenvalue weighted by Gasteiger charge is -2.29. The molecule has 0 fully saturated rings. The number of carbonyl (C=O) groups is 3. The third-order valence-corrected chi connectivity index (χ3v) is 4.96. The van der Waals surface area contributed by atoms with E-state index in [1.54, 1.807) is 37.3 Å². The Morgan fingerprint density at radius 2 is 1.91 bits per heavy atom. The van der Waals surface area contributed by atoms with E-state index in [2.05, 4.69) is 15.7 Å². The van der Waals surface area contributed by atoms with Crippen LogP contribution in [0.4, 0.5) is 10.5 Å². The standard InChI is InChI=1S/C21H23N5O7/c1-4-32-20(28)17-15(22-21(29)23-18(17)14-8-6-5-7-9-14)11-33-16(27)10-25-13(3)19(26(30)31)12(2)24-25/h5-9,18H,4,10-11H2,1-3H3,(H2,22,23,29)/t18-/m1/s1. The van der Waals surface area contributed by atoms with Crippen molar-refractivity contribution in [2.24, 2.45) is 0 Å². The van der Waals surface area contributed by atoms with Gasteiger partial charge in [0.1, 0.15) is 24.5 Å². The van der Waals surface area contributed by atoms with Gasteiger partial charge in [-0.1, -0.05) is 30.3 Å². The van der Waals surface area contributed by atoms with E-state index in [1.165, 1.54) is 18.5 Å². The minimum atomic E-state index is -0.800. The fourth-order valence-corrected chi connectivity index (χ4v) is 3.50. The van der Waals surface area contributed by atoms with Crippen LogP contribution in [0.3, 0.4) is 0 Å². The smallest absolute Gasteiger partial charge is 0.338 e. The zero-order valence-electron chi connectivity index (χ0n) is 18.3. The van der Waals surface area contributed by atoms with Gasteiger partial charge in [0.25, 0.3) is 0 Å². The molecule has 1 aliphatic rings. The van der Waals surface area contributed by atoms with Crippen LogP contribution in [0.5, 0.6) is 0 Å². The van der Waals surface area contributed by atoms with Crippen molar-refractivity contribution in [2.75, 3.05) is 13.2 Å². The molecule has 2 amide bonds. The lowest BCUT2D eigenvalue weighted by molar-refractivity contribution is -0.386. The van der Waals surface area contributed by atoms with Crippen LogP contribution in [0.2, 0.25) is 0 Å². The molecule has 0 radical (unpaired) electrons. The van der Waals surface area contributed by atoms with Crippen molar-refractivity contribution in [3.63, 3.8) is 0 Å². The molecule has 2 heterocycles. The highest BCUT2D eigenvalue weighted by Crippen LogP contribution is 2.28. The summed E-state index contributed by atoms with van der Waals surface area (Å²) in [6, 6.07) is 7.44. The highest BCUT2D eigenvalue weighted by atomic mass is 16.6. The van der Waals surface area contributed by atoms with Gasteiger partial charge in [0.2, 0.25) is 0 Å². The van der Waals surface area contributed by atoms with Crippen LogP contribution in [-0.2, 0) is 25.6 Å². The maximum absolute atomic E-state index is 12.7. The van der Waals surface area contributed by atoms with Crippen LogP contribution in [0.25, 0.3) is 0 Å². The number of nitrogens with one attached hydrogen (secondary N) is 2. The number of aromatic nitrogens is 2. The molecule has 1 aromatic heterocycles. The third kappa shape index (κ3) is 5.17. The number of nitro groups is 1. The van der Waals surface area contributed by atoms with Crippen molar-refractivity contribution in [1.82, 2.24) is 20.4 Å². The Morgan fingerprint density at radius 1 is 1.21 bits per heavy atom. The first-order valence-electron chi connectivity index (χ1n) is 10.1. The number of rotatable bonds is 8. The molecule has 12 heteroatoms. The van der Waals surface area contributed by atoms with E-state index in [-0.39, 0.29) is 41.5 Å². The molecular weight excluding hydrogens is 434 g/mol. The SMILES string of the molecule is CCOC(=O)C1=C(COC(=O)Cn2nc(C)c([N+](=O)[O-])c2C)NC(=O)N[C@@H]1c1ccccc1. The summed E-state index contributed by atoms with van der Waals surface area (Å²) in [6.45, 7) is 3.92. The molecule has 0 saturated carbocycles. The Kier molecular flexibility index (Phi) is 7.06. The molecule has 0 spiro atoms. The second-order valence-corrected chi connectivity index (χ2v) is 7.15. The molecule has 174 valence electrons. The number of amides is 2. The summed E-state index contributed by atoms with van der Waals surface area (Å²) in [6.07, 6.45) is 0. The van der Waals surface area contributed by atoms with Gasteiger partial charge in [-0.2, -0.15) is 5.10 Å². The van der Waals surface area contributed by atoms with Crippen molar-refractivity contribution in [3.8, 4) is 0 Å². The fourth-order valence-electron chi connectivity index (χ4n) is 3.50. The zero-order valence-corrected chi connectivity index (χ0v) is 18.3. The Balaban J connectivity index is 1.83. The van der Waals surface area contributed by atoms with Gasteiger partial charge < -0.3 is 20.1 Å². The zero-order chi connectivity index (χ0) is 24.1. The number of carbonyl (C=O) groups excluding carboxylic acids is 3. The van der Waals surface area contributed by atoms with Crippen LogP contribution < -0.4 is 10.6 Å². The molecule has 0 bridgehead atoms. The number of esters is 2. The number of ether oxygens (including phenoxy) is 2. The Labute approximate surface area is 188 Å². The number of aryl methyl sites for hydroxylation is 1. The maximum atomic E-state index is 12.7. The van der Waals surface area contributed by atoms with Crippen molar-refractivity contribution in [1.29, 1.82) is 0 Å². The van der Waals surface area contributed by atoms with Crippen LogP contribution in [0, 0.1) is 24.0 Å². The molecule has 2 N–H and O–H groups in total. The molecular formula is C21H23N5O7. The molecule has 0 aliphatic carbocycles. The van der Waals surface area contributed by atoms with Crippen LogP contribution in [-0.4, -0.2) is 45.9 Å². The summed E-state index contributed by atoms with van der Waals surface area (Å²) in [5, 5.41) is 20.3. The lowest BCUT2D eigenvalue weighted by atomic mass is 9.95. The summed E-state index contributed by atoms with van der Waals surface area (Å²) in [5.41, 5.74) is 1.05. The molecule has 1 aromatic carbocycles. The normalized spacial score (nSPS) is 15.5. The molecule has 1 atom stereocenters. The van der Waals surface area contributed by atoms with Crippen LogP contribution in [0.1, 0.15) is 29.9 Å². The van der Waals surface area contributed by atoms with Crippen molar-refractivity contribution >= 4 is 23.7 Å². The van der Waals surface area contributed by atoms with Gasteiger partial charge >= 0.3 is 23.7 Å². The van der Waals surface area contributed by atoms with Crippen LogP contribution in [0.15, 0.2) is 41.6 Å². The lowest BCUT2D eigenvalue weighted by Crippen LogP contribution is -2.47. The quantitative estimate of drug-likeness (QED) is 0.346. The number of urea groups is 1. The summed E-state index contributed by atoms with van der Waals surface area (Å²) >= 11 is 0. The van der Waals surface area contributed by atoms with Crippen molar-refractivity contribution in [3.05, 3.63) is 68.7 Å². The number of hydrogen-bond donors (Lipinski definition) is 2. The van der Waals surface area contributed by atoms with Gasteiger partial charge in [0.05, 0.1) is 28.8 Å². The number of hydrogen-bond acceptors (Lipinski definition) is 8. The Morgan fingerprint density at radius 3 is 2.52 bits per heavy atom. The van der Waals surface area contributed by atoms with Crippen molar-refractivity contribution < 1.29 is 28.8 Å².